The Hall–Kier alpha value is -0.950. The predicted octanol–water partition coefficient (Wildman–Crippen LogP) is 3.69. The Labute approximate surface area is 134 Å². The lowest BCUT2D eigenvalue weighted by Crippen LogP contribution is -2.24. The zero-order valence-electron chi connectivity index (χ0n) is 10.3. The first-order chi connectivity index (χ1) is 9.08. The number of nitrogens with one attached hydrogen (secondary N) is 1. The summed E-state index contributed by atoms with van der Waals surface area (Å²) >= 11 is 5.58. The minimum absolute atomic E-state index is 0.101. The molecule has 0 unspecified atom stereocenters. The number of halogens is 2. The Balaban J connectivity index is 2.10. The van der Waals surface area contributed by atoms with E-state index in [0.29, 0.717) is 12.1 Å². The summed E-state index contributed by atoms with van der Waals surface area (Å²) in [6.07, 6.45) is 1.73. The van der Waals surface area contributed by atoms with Crippen LogP contribution in [0.1, 0.15) is 21.6 Å². The van der Waals surface area contributed by atoms with Crippen LogP contribution in [0.25, 0.3) is 0 Å². The smallest absolute Gasteiger partial charge is 0.252 e. The number of hydrogen-bond donors (Lipinski definition) is 1. The van der Waals surface area contributed by atoms with Gasteiger partial charge in [0.15, 0.2) is 0 Å². The average Bonchev–Trinajstić information content (AvgIpc) is 2.40. The summed E-state index contributed by atoms with van der Waals surface area (Å²) in [5, 5.41) is 2.89. The van der Waals surface area contributed by atoms with Gasteiger partial charge in [-0.1, -0.05) is 6.07 Å². The van der Waals surface area contributed by atoms with E-state index in [1.165, 1.54) is 0 Å². The fourth-order valence-electron chi connectivity index (χ4n) is 1.63. The summed E-state index contributed by atoms with van der Waals surface area (Å²) in [7, 11) is 0. The van der Waals surface area contributed by atoms with Gasteiger partial charge in [0.1, 0.15) is 0 Å². The molecule has 1 N–H and O–H groups in total. The molecule has 0 aliphatic rings. The van der Waals surface area contributed by atoms with E-state index < -0.39 is 0 Å². The van der Waals surface area contributed by atoms with Crippen LogP contribution < -0.4 is 5.32 Å². The highest BCUT2D eigenvalue weighted by Crippen LogP contribution is 2.19. The van der Waals surface area contributed by atoms with Gasteiger partial charge >= 0.3 is 0 Å². The van der Waals surface area contributed by atoms with Gasteiger partial charge in [-0.3, -0.25) is 9.78 Å². The van der Waals surface area contributed by atoms with Crippen LogP contribution >= 0.6 is 38.5 Å². The molecule has 0 bridgehead atoms. The van der Waals surface area contributed by atoms with Crippen molar-refractivity contribution in [2.24, 2.45) is 0 Å². The molecular formula is C14H12BrIN2O. The second-order valence-electron chi connectivity index (χ2n) is 4.07. The number of benzene rings is 1. The van der Waals surface area contributed by atoms with Crippen LogP contribution in [0.15, 0.2) is 41.0 Å². The monoisotopic (exact) mass is 430 g/mol. The molecule has 2 rings (SSSR count). The van der Waals surface area contributed by atoms with Crippen molar-refractivity contribution < 1.29 is 4.79 Å². The molecule has 98 valence electrons. The Kier molecular flexibility index (Phi) is 4.93. The number of nitrogens with zero attached hydrogens (tertiary/aromatic N) is 1. The van der Waals surface area contributed by atoms with E-state index in [0.717, 1.165) is 19.3 Å². The molecule has 0 aliphatic heterocycles. The first-order valence-corrected chi connectivity index (χ1v) is 7.59. The van der Waals surface area contributed by atoms with Crippen molar-refractivity contribution in [3.63, 3.8) is 0 Å². The molecule has 3 nitrogen and oxygen atoms in total. The maximum absolute atomic E-state index is 12.1. The molecule has 1 heterocycles. The van der Waals surface area contributed by atoms with Gasteiger partial charge in [0.05, 0.1) is 17.8 Å². The third-order valence-electron chi connectivity index (χ3n) is 2.71. The first-order valence-electron chi connectivity index (χ1n) is 5.71. The van der Waals surface area contributed by atoms with Crippen LogP contribution in [0.2, 0.25) is 0 Å². The van der Waals surface area contributed by atoms with Crippen LogP contribution in [-0.2, 0) is 6.54 Å². The zero-order valence-corrected chi connectivity index (χ0v) is 14.0. The van der Waals surface area contributed by atoms with E-state index in [1.54, 1.807) is 6.20 Å². The van der Waals surface area contributed by atoms with Crippen LogP contribution in [0.4, 0.5) is 0 Å². The lowest BCUT2D eigenvalue weighted by atomic mass is 10.2. The largest absolute Gasteiger partial charge is 0.346 e. The van der Waals surface area contributed by atoms with Gasteiger partial charge in [-0.25, -0.2) is 0 Å². The van der Waals surface area contributed by atoms with Crippen molar-refractivity contribution in [2.45, 2.75) is 13.5 Å². The minimum Gasteiger partial charge on any atom is -0.346 e. The molecule has 0 saturated carbocycles. The third kappa shape index (κ3) is 3.76. The molecule has 0 saturated heterocycles. The minimum atomic E-state index is -0.101. The number of hydrogen-bond acceptors (Lipinski definition) is 2. The Bertz CT molecular complexity index is 616. The Morgan fingerprint density at radius 2 is 2.21 bits per heavy atom. The molecule has 1 aromatic carbocycles. The number of carbonyl (C=O) groups is 1. The van der Waals surface area contributed by atoms with Gasteiger partial charge in [-0.2, -0.15) is 0 Å². The van der Waals surface area contributed by atoms with Crippen molar-refractivity contribution in [3.8, 4) is 0 Å². The van der Waals surface area contributed by atoms with Gasteiger partial charge in [0, 0.05) is 14.2 Å². The van der Waals surface area contributed by atoms with Crippen molar-refractivity contribution in [3.05, 3.63) is 61.4 Å². The highest BCUT2D eigenvalue weighted by molar-refractivity contribution is 14.1. The zero-order chi connectivity index (χ0) is 13.8. The van der Waals surface area contributed by atoms with E-state index in [-0.39, 0.29) is 5.91 Å². The molecule has 5 heteroatoms. The summed E-state index contributed by atoms with van der Waals surface area (Å²) in [5.41, 5.74) is 2.60. The van der Waals surface area contributed by atoms with Crippen molar-refractivity contribution >= 4 is 44.4 Å². The number of amides is 1. The molecular weight excluding hydrogens is 419 g/mol. The van der Waals surface area contributed by atoms with E-state index in [9.17, 15) is 4.79 Å². The molecule has 0 atom stereocenters. The molecule has 19 heavy (non-hydrogen) atoms. The van der Waals surface area contributed by atoms with E-state index in [4.69, 9.17) is 0 Å². The summed E-state index contributed by atoms with van der Waals surface area (Å²) < 4.78 is 1.82. The number of pyridine rings is 1. The summed E-state index contributed by atoms with van der Waals surface area (Å²) in [6.45, 7) is 2.42. The Morgan fingerprint density at radius 1 is 1.42 bits per heavy atom. The second kappa shape index (κ2) is 6.47. The normalized spacial score (nSPS) is 10.3. The van der Waals surface area contributed by atoms with Gasteiger partial charge in [0.2, 0.25) is 0 Å². The van der Waals surface area contributed by atoms with Crippen LogP contribution in [0.3, 0.4) is 0 Å². The van der Waals surface area contributed by atoms with E-state index in [1.807, 2.05) is 37.3 Å². The summed E-state index contributed by atoms with van der Waals surface area (Å²) in [4.78, 5) is 16.4. The molecule has 1 amide bonds. The lowest BCUT2D eigenvalue weighted by molar-refractivity contribution is 0.0949. The summed E-state index contributed by atoms with van der Waals surface area (Å²) in [5.74, 6) is -0.101. The van der Waals surface area contributed by atoms with Crippen molar-refractivity contribution in [1.82, 2.24) is 10.3 Å². The van der Waals surface area contributed by atoms with Crippen molar-refractivity contribution in [2.75, 3.05) is 0 Å². The van der Waals surface area contributed by atoms with Gasteiger partial charge < -0.3 is 5.32 Å². The highest BCUT2D eigenvalue weighted by Gasteiger charge is 2.10. The van der Waals surface area contributed by atoms with Gasteiger partial charge in [-0.15, -0.1) is 0 Å². The third-order valence-corrected chi connectivity index (χ3v) is 4.07. The quantitative estimate of drug-likeness (QED) is 0.754. The number of rotatable bonds is 3. The van der Waals surface area contributed by atoms with E-state index in [2.05, 4.69) is 48.8 Å². The van der Waals surface area contributed by atoms with Gasteiger partial charge in [0.25, 0.3) is 5.91 Å². The maximum atomic E-state index is 12.1. The topological polar surface area (TPSA) is 42.0 Å². The van der Waals surface area contributed by atoms with Crippen molar-refractivity contribution in [1.29, 1.82) is 0 Å². The van der Waals surface area contributed by atoms with Crippen LogP contribution in [0.5, 0.6) is 0 Å². The molecule has 0 aliphatic carbocycles. The second-order valence-corrected chi connectivity index (χ2v) is 6.17. The fourth-order valence-corrected chi connectivity index (χ4v) is 2.55. The van der Waals surface area contributed by atoms with Crippen LogP contribution in [0, 0.1) is 10.5 Å². The SMILES string of the molecule is Cc1cccnc1CNC(=O)c1cc(I)ccc1Br. The molecule has 1 aromatic heterocycles. The molecule has 2 aromatic rings. The summed E-state index contributed by atoms with van der Waals surface area (Å²) in [6, 6.07) is 9.55. The Morgan fingerprint density at radius 3 is 2.95 bits per heavy atom. The molecule has 0 fully saturated rings. The first kappa shape index (κ1) is 14.5. The van der Waals surface area contributed by atoms with Gasteiger partial charge in [-0.05, 0) is 75.3 Å². The average molecular weight is 431 g/mol. The fraction of sp³-hybridized carbons (Fsp3) is 0.143. The number of aryl methyl sites for hydroxylation is 1. The molecule has 0 radical (unpaired) electrons. The number of carbonyl (C=O) groups excluding carboxylic acids is 1. The predicted molar refractivity (Wildman–Crippen MR) is 87.0 cm³/mol. The molecule has 0 spiro atoms. The standard InChI is InChI=1S/C14H12BrIN2O/c1-9-3-2-6-17-13(9)8-18-14(19)11-7-10(16)4-5-12(11)15/h2-7H,8H2,1H3,(H,18,19). The maximum Gasteiger partial charge on any atom is 0.252 e. The van der Waals surface area contributed by atoms with E-state index >= 15 is 0 Å². The lowest BCUT2D eigenvalue weighted by Gasteiger charge is -2.08. The number of aromatic nitrogens is 1. The highest BCUT2D eigenvalue weighted by atomic mass is 127. The van der Waals surface area contributed by atoms with Crippen LogP contribution in [-0.4, -0.2) is 10.9 Å².